The Labute approximate surface area is 120 Å². The molecule has 1 fully saturated rings. The largest absolute Gasteiger partial charge is 0.481 e. The fraction of sp³-hybridized carbons (Fsp3) is 0.857. The van der Waals surface area contributed by atoms with E-state index in [1.807, 2.05) is 13.8 Å². The number of carboxylic acid groups (broad SMARTS) is 1. The Morgan fingerprint density at radius 2 is 1.95 bits per heavy atom. The van der Waals surface area contributed by atoms with E-state index >= 15 is 0 Å². The van der Waals surface area contributed by atoms with Crippen LogP contribution in [-0.4, -0.2) is 54.2 Å². The number of carbonyl (C=O) groups is 2. The number of urea groups is 1. The Morgan fingerprint density at radius 1 is 1.35 bits per heavy atom. The Hall–Kier alpha value is -1.30. The van der Waals surface area contributed by atoms with Gasteiger partial charge in [0.2, 0.25) is 0 Å². The van der Waals surface area contributed by atoms with E-state index in [4.69, 9.17) is 5.11 Å². The molecule has 0 aromatic carbocycles. The van der Waals surface area contributed by atoms with Gasteiger partial charge in [-0.05, 0) is 46.2 Å². The molecule has 2 amide bonds. The second-order valence-electron chi connectivity index (χ2n) is 5.96. The first-order chi connectivity index (χ1) is 9.37. The highest BCUT2D eigenvalue weighted by molar-refractivity contribution is 5.77. The van der Waals surface area contributed by atoms with Gasteiger partial charge in [0.15, 0.2) is 0 Å². The molecule has 0 aliphatic carbocycles. The first-order valence-electron chi connectivity index (χ1n) is 7.37. The van der Waals surface area contributed by atoms with Crippen LogP contribution in [-0.2, 0) is 4.79 Å². The maximum absolute atomic E-state index is 11.8. The molecule has 2 unspecified atom stereocenters. The van der Waals surface area contributed by atoms with Crippen molar-refractivity contribution in [2.24, 2.45) is 5.41 Å². The Bertz CT molecular complexity index is 343. The first kappa shape index (κ1) is 16.8. The van der Waals surface area contributed by atoms with Gasteiger partial charge in [0.25, 0.3) is 0 Å². The van der Waals surface area contributed by atoms with Gasteiger partial charge in [-0.15, -0.1) is 0 Å². The molecule has 0 aromatic heterocycles. The number of aliphatic carboxylic acids is 1. The minimum Gasteiger partial charge on any atom is -0.481 e. The van der Waals surface area contributed by atoms with Crippen LogP contribution in [0.5, 0.6) is 0 Å². The number of amides is 2. The highest BCUT2D eigenvalue weighted by Crippen LogP contribution is 2.19. The number of nitrogens with zero attached hydrogens (tertiary/aromatic N) is 1. The van der Waals surface area contributed by atoms with Crippen LogP contribution in [0.1, 0.15) is 40.0 Å². The molecule has 1 saturated heterocycles. The van der Waals surface area contributed by atoms with Crippen molar-refractivity contribution < 1.29 is 14.7 Å². The first-order valence-corrected chi connectivity index (χ1v) is 7.37. The summed E-state index contributed by atoms with van der Waals surface area (Å²) < 4.78 is 0. The smallest absolute Gasteiger partial charge is 0.315 e. The predicted molar refractivity (Wildman–Crippen MR) is 77.7 cm³/mol. The summed E-state index contributed by atoms with van der Waals surface area (Å²) in [4.78, 5) is 25.2. The molecule has 116 valence electrons. The van der Waals surface area contributed by atoms with E-state index in [1.54, 1.807) is 6.92 Å². The van der Waals surface area contributed by atoms with Crippen LogP contribution in [0.3, 0.4) is 0 Å². The predicted octanol–water partition coefficient (Wildman–Crippen LogP) is 1.27. The molecule has 1 rings (SSSR count). The Morgan fingerprint density at radius 3 is 2.45 bits per heavy atom. The van der Waals surface area contributed by atoms with Gasteiger partial charge < -0.3 is 20.6 Å². The number of likely N-dealkylation sites (tertiary alicyclic amines) is 1. The molecular formula is C14H27N3O3. The lowest BCUT2D eigenvalue weighted by Crippen LogP contribution is -2.49. The molecule has 3 N–H and O–H groups in total. The van der Waals surface area contributed by atoms with Crippen molar-refractivity contribution >= 4 is 12.0 Å². The van der Waals surface area contributed by atoms with Gasteiger partial charge in [0, 0.05) is 19.1 Å². The third kappa shape index (κ3) is 5.00. The van der Waals surface area contributed by atoms with Gasteiger partial charge in [-0.2, -0.15) is 0 Å². The summed E-state index contributed by atoms with van der Waals surface area (Å²) in [7, 11) is 0. The molecule has 0 spiro atoms. The summed E-state index contributed by atoms with van der Waals surface area (Å²) in [6.45, 7) is 8.60. The normalized spacial score (nSPS) is 20.1. The topological polar surface area (TPSA) is 81.7 Å². The molecule has 1 heterocycles. The number of rotatable bonds is 7. The van der Waals surface area contributed by atoms with Crippen LogP contribution in [0.2, 0.25) is 0 Å². The van der Waals surface area contributed by atoms with Crippen molar-refractivity contribution in [3.05, 3.63) is 0 Å². The maximum atomic E-state index is 11.8. The van der Waals surface area contributed by atoms with Gasteiger partial charge in [-0.1, -0.05) is 6.92 Å². The summed E-state index contributed by atoms with van der Waals surface area (Å²) in [6.07, 6.45) is 2.94. The molecule has 2 atom stereocenters. The number of nitrogens with one attached hydrogen (secondary N) is 2. The maximum Gasteiger partial charge on any atom is 0.315 e. The van der Waals surface area contributed by atoms with E-state index in [-0.39, 0.29) is 18.6 Å². The fourth-order valence-electron chi connectivity index (χ4n) is 2.30. The van der Waals surface area contributed by atoms with Gasteiger partial charge in [-0.3, -0.25) is 4.79 Å². The highest BCUT2D eigenvalue weighted by Gasteiger charge is 2.31. The van der Waals surface area contributed by atoms with E-state index in [2.05, 4.69) is 15.5 Å². The Kier molecular flexibility index (Phi) is 6.26. The lowest BCUT2D eigenvalue weighted by Gasteiger charge is -2.25. The number of hydrogen-bond donors (Lipinski definition) is 3. The molecule has 6 nitrogen and oxygen atoms in total. The van der Waals surface area contributed by atoms with E-state index in [1.165, 1.54) is 12.8 Å². The van der Waals surface area contributed by atoms with Crippen LogP contribution >= 0.6 is 0 Å². The third-order valence-corrected chi connectivity index (χ3v) is 4.04. The van der Waals surface area contributed by atoms with Gasteiger partial charge in [0.1, 0.15) is 0 Å². The zero-order valence-electron chi connectivity index (χ0n) is 12.7. The van der Waals surface area contributed by atoms with Crippen LogP contribution in [0, 0.1) is 5.41 Å². The molecule has 6 heteroatoms. The van der Waals surface area contributed by atoms with Crippen molar-refractivity contribution in [3.8, 4) is 0 Å². The minimum atomic E-state index is -0.907. The quantitative estimate of drug-likeness (QED) is 0.658. The van der Waals surface area contributed by atoms with Crippen molar-refractivity contribution in [2.45, 2.75) is 46.1 Å². The van der Waals surface area contributed by atoms with Crippen molar-refractivity contribution in [1.29, 1.82) is 0 Å². The summed E-state index contributed by atoms with van der Waals surface area (Å²) in [5, 5.41) is 14.7. The van der Waals surface area contributed by atoms with Crippen LogP contribution < -0.4 is 10.6 Å². The molecule has 20 heavy (non-hydrogen) atoms. The van der Waals surface area contributed by atoms with E-state index < -0.39 is 11.4 Å². The van der Waals surface area contributed by atoms with E-state index in [9.17, 15) is 9.59 Å². The number of carbonyl (C=O) groups excluding carboxylic acids is 1. The van der Waals surface area contributed by atoms with E-state index in [0.29, 0.717) is 6.42 Å². The number of carboxylic acids is 1. The summed E-state index contributed by atoms with van der Waals surface area (Å²) in [6, 6.07) is -0.233. The summed E-state index contributed by atoms with van der Waals surface area (Å²) in [5.74, 6) is -0.884. The SMILES string of the molecule is CCC(C)(CNC(=O)NC(C)CN1CCCC1)C(=O)O. The Balaban J connectivity index is 2.30. The fourth-order valence-corrected chi connectivity index (χ4v) is 2.30. The van der Waals surface area contributed by atoms with Gasteiger partial charge in [-0.25, -0.2) is 4.79 Å². The molecule has 1 aliphatic heterocycles. The van der Waals surface area contributed by atoms with Crippen molar-refractivity contribution in [2.75, 3.05) is 26.2 Å². The standard InChI is InChI=1S/C14H27N3O3/c1-4-14(3,12(18)19)10-15-13(20)16-11(2)9-17-7-5-6-8-17/h11H,4-10H2,1-3H3,(H,18,19)(H2,15,16,20). The molecular weight excluding hydrogens is 258 g/mol. The van der Waals surface area contributed by atoms with Crippen LogP contribution in [0.15, 0.2) is 0 Å². The average molecular weight is 285 g/mol. The molecule has 0 aromatic rings. The second-order valence-corrected chi connectivity index (χ2v) is 5.96. The summed E-state index contributed by atoms with van der Waals surface area (Å²) >= 11 is 0. The van der Waals surface area contributed by atoms with Gasteiger partial charge >= 0.3 is 12.0 Å². The zero-order valence-corrected chi connectivity index (χ0v) is 12.7. The van der Waals surface area contributed by atoms with Crippen LogP contribution in [0.4, 0.5) is 4.79 Å². The number of hydrogen-bond acceptors (Lipinski definition) is 3. The van der Waals surface area contributed by atoms with Gasteiger partial charge in [0.05, 0.1) is 5.41 Å². The van der Waals surface area contributed by atoms with Crippen LogP contribution in [0.25, 0.3) is 0 Å². The average Bonchev–Trinajstić information content (AvgIpc) is 2.88. The minimum absolute atomic E-state index is 0.0609. The second kappa shape index (κ2) is 7.47. The zero-order chi connectivity index (χ0) is 15.2. The highest BCUT2D eigenvalue weighted by atomic mass is 16.4. The monoisotopic (exact) mass is 285 g/mol. The van der Waals surface area contributed by atoms with Crippen molar-refractivity contribution in [3.63, 3.8) is 0 Å². The lowest BCUT2D eigenvalue weighted by molar-refractivity contribution is -0.147. The molecule has 1 aliphatic rings. The van der Waals surface area contributed by atoms with E-state index in [0.717, 1.165) is 19.6 Å². The van der Waals surface area contributed by atoms with Crippen molar-refractivity contribution in [1.82, 2.24) is 15.5 Å². The third-order valence-electron chi connectivity index (χ3n) is 4.04. The summed E-state index contributed by atoms with van der Waals surface area (Å²) in [5.41, 5.74) is -0.907. The molecule has 0 radical (unpaired) electrons. The lowest BCUT2D eigenvalue weighted by atomic mass is 9.88. The molecule has 0 saturated carbocycles. The molecule has 0 bridgehead atoms.